The third-order valence-corrected chi connectivity index (χ3v) is 16.1. The van der Waals surface area contributed by atoms with Crippen LogP contribution >= 0.6 is 0 Å². The Morgan fingerprint density at radius 3 is 1.01 bits per heavy atom. The molecule has 0 saturated carbocycles. The maximum atomic E-state index is 7.23. The molecule has 3 heterocycles. The molecule has 82 heavy (non-hydrogen) atoms. The number of likely N-dealkylation sites (N-methyl/N-ethyl adjacent to an activating group) is 4. The van der Waals surface area contributed by atoms with Gasteiger partial charge in [-0.1, -0.05) is 104 Å². The van der Waals surface area contributed by atoms with Crippen LogP contribution in [-0.2, 0) is 67.6 Å². The lowest BCUT2D eigenvalue weighted by molar-refractivity contribution is -0.0536. The third-order valence-electron chi connectivity index (χ3n) is 16.1. The van der Waals surface area contributed by atoms with Crippen molar-refractivity contribution in [3.8, 4) is 0 Å². The number of hydrogen-bond donors (Lipinski definition) is 0. The summed E-state index contributed by atoms with van der Waals surface area (Å²) in [5.74, 6) is 2.04. The van der Waals surface area contributed by atoms with Crippen LogP contribution < -0.4 is 0 Å². The second-order valence-electron chi connectivity index (χ2n) is 26.8. The smallest absolute Gasteiger partial charge is 0.0888 e. The lowest BCUT2D eigenvalue weighted by atomic mass is 10.0. The summed E-state index contributed by atoms with van der Waals surface area (Å²) in [5, 5.41) is 9.26. The fraction of sp³-hybridized carbons (Fsp3) is 0.735. The molecule has 1 fully saturated rings. The van der Waals surface area contributed by atoms with Crippen molar-refractivity contribution >= 4 is 0 Å². The van der Waals surface area contributed by atoms with Crippen molar-refractivity contribution in [2.75, 3.05) is 80.8 Å². The topological polar surface area (TPSA) is 104 Å². The molecule has 14 nitrogen and oxygen atoms in total. The van der Waals surface area contributed by atoms with E-state index in [0.717, 1.165) is 76.1 Å². The van der Waals surface area contributed by atoms with Gasteiger partial charge in [0.1, 0.15) is 0 Å². The molecule has 8 atom stereocenters. The van der Waals surface area contributed by atoms with Crippen LogP contribution in [0.15, 0.2) is 73.1 Å². The molecule has 14 heteroatoms. The summed E-state index contributed by atoms with van der Waals surface area (Å²) in [4.78, 5) is 10.1. The van der Waals surface area contributed by atoms with E-state index >= 15 is 0 Å². The van der Waals surface area contributed by atoms with Crippen LogP contribution in [-0.4, -0.2) is 181 Å². The third kappa shape index (κ3) is 25.6. The predicted octanol–water partition coefficient (Wildman–Crippen LogP) is 11.8. The SMILES string of the molecule is CC(C)CC1CO[C@H](C)CN(C)[C@@H](CC(C)C)CO[C@H](Cc2ccc(Cn3nccc3COC(C)C)cc2)CN(C)[C@@H](CC(C)C)CO[C@H](C)CN(C)[C@@H](CC(C)C)CO[C@H](Cc2ccc(Cn3nccc3COC(C)C)cc2)CN1C. The van der Waals surface area contributed by atoms with Crippen molar-refractivity contribution in [1.29, 1.82) is 0 Å². The Morgan fingerprint density at radius 2 is 0.707 bits per heavy atom. The van der Waals surface area contributed by atoms with Gasteiger partial charge < -0.3 is 28.4 Å². The first-order valence-corrected chi connectivity index (χ1v) is 31.7. The Hall–Kier alpha value is -3.54. The van der Waals surface area contributed by atoms with Crippen molar-refractivity contribution < 1.29 is 28.4 Å². The zero-order valence-corrected chi connectivity index (χ0v) is 54.8. The van der Waals surface area contributed by atoms with Crippen molar-refractivity contribution in [1.82, 2.24) is 39.2 Å². The zero-order valence-electron chi connectivity index (χ0n) is 54.8. The van der Waals surface area contributed by atoms with Gasteiger partial charge in [0.15, 0.2) is 0 Å². The van der Waals surface area contributed by atoms with Gasteiger partial charge in [0, 0.05) is 62.7 Å². The van der Waals surface area contributed by atoms with E-state index in [0.29, 0.717) is 76.4 Å². The van der Waals surface area contributed by atoms with E-state index < -0.39 is 0 Å². The largest absolute Gasteiger partial charge is 0.376 e. The molecule has 2 aromatic heterocycles. The zero-order chi connectivity index (χ0) is 59.9. The first-order valence-electron chi connectivity index (χ1n) is 31.7. The molecule has 0 N–H and O–H groups in total. The van der Waals surface area contributed by atoms with Gasteiger partial charge in [0.25, 0.3) is 0 Å². The molecule has 464 valence electrons. The first-order chi connectivity index (χ1) is 39.0. The summed E-state index contributed by atoms with van der Waals surface area (Å²) in [7, 11) is 9.10. The Bertz CT molecular complexity index is 2120. The average molecular weight is 1140 g/mol. The maximum Gasteiger partial charge on any atom is 0.0888 e. The summed E-state index contributed by atoms with van der Waals surface area (Å²) in [6.07, 6.45) is 9.86. The molecule has 1 aliphatic heterocycles. The van der Waals surface area contributed by atoms with Crippen LogP contribution in [0.3, 0.4) is 0 Å². The molecular weight excluding hydrogens is 1020 g/mol. The molecular formula is C68H116N8O6. The van der Waals surface area contributed by atoms with E-state index in [1.165, 1.54) is 22.3 Å². The highest BCUT2D eigenvalue weighted by atomic mass is 16.5. The highest BCUT2D eigenvalue weighted by Crippen LogP contribution is 2.23. The molecule has 1 unspecified atom stereocenters. The number of nitrogens with zero attached hydrogens (tertiary/aromatic N) is 8. The van der Waals surface area contributed by atoms with Crippen LogP contribution in [0.25, 0.3) is 0 Å². The maximum absolute atomic E-state index is 7.23. The lowest BCUT2D eigenvalue weighted by Gasteiger charge is -2.37. The molecule has 0 spiro atoms. The highest BCUT2D eigenvalue weighted by Gasteiger charge is 2.29. The fourth-order valence-corrected chi connectivity index (χ4v) is 11.4. The van der Waals surface area contributed by atoms with E-state index in [1.807, 2.05) is 33.9 Å². The van der Waals surface area contributed by atoms with E-state index in [4.69, 9.17) is 28.4 Å². The lowest BCUT2D eigenvalue weighted by Crippen LogP contribution is -2.47. The fourth-order valence-electron chi connectivity index (χ4n) is 11.4. The normalized spacial score (nSPS) is 24.2. The van der Waals surface area contributed by atoms with E-state index in [9.17, 15) is 0 Å². The summed E-state index contributed by atoms with van der Waals surface area (Å²) >= 11 is 0. The van der Waals surface area contributed by atoms with Crippen molar-refractivity contribution in [3.05, 3.63) is 107 Å². The van der Waals surface area contributed by atoms with Crippen molar-refractivity contribution in [2.24, 2.45) is 23.7 Å². The Labute approximate surface area is 499 Å². The Kier molecular flexibility index (Phi) is 30.2. The number of aromatic nitrogens is 4. The number of rotatable bonds is 22. The minimum absolute atomic E-state index is 0.0223. The van der Waals surface area contributed by atoms with E-state index in [-0.39, 0.29) is 60.8 Å². The highest BCUT2D eigenvalue weighted by molar-refractivity contribution is 5.25. The van der Waals surface area contributed by atoms with Gasteiger partial charge in [-0.15, -0.1) is 0 Å². The van der Waals surface area contributed by atoms with Gasteiger partial charge in [0.2, 0.25) is 0 Å². The summed E-state index contributed by atoms with van der Waals surface area (Å²) < 4.78 is 44.3. The minimum Gasteiger partial charge on any atom is -0.376 e. The van der Waals surface area contributed by atoms with Crippen LogP contribution in [0.5, 0.6) is 0 Å². The molecule has 1 saturated heterocycles. The summed E-state index contributed by atoms with van der Waals surface area (Å²) in [6, 6.07) is 23.2. The van der Waals surface area contributed by atoms with Gasteiger partial charge >= 0.3 is 0 Å². The van der Waals surface area contributed by atoms with Gasteiger partial charge in [0.05, 0.1) is 101 Å². The van der Waals surface area contributed by atoms with Gasteiger partial charge in [-0.3, -0.25) is 29.0 Å². The molecule has 5 rings (SSSR count). The molecule has 0 aliphatic carbocycles. The summed E-state index contributed by atoms with van der Waals surface area (Å²) in [5.41, 5.74) is 7.14. The van der Waals surface area contributed by atoms with Gasteiger partial charge in [-0.2, -0.15) is 10.2 Å². The quantitative estimate of drug-likeness (QED) is 0.0748. The second kappa shape index (κ2) is 35.8. The monoisotopic (exact) mass is 1140 g/mol. The van der Waals surface area contributed by atoms with Gasteiger partial charge in [-0.05, 0) is 166 Å². The molecule has 4 aromatic rings. The minimum atomic E-state index is -0.0223. The van der Waals surface area contributed by atoms with Crippen molar-refractivity contribution in [3.63, 3.8) is 0 Å². The van der Waals surface area contributed by atoms with Crippen LogP contribution in [0.2, 0.25) is 0 Å². The average Bonchev–Trinajstić information content (AvgIpc) is 4.07. The number of benzene rings is 2. The molecule has 2 aromatic carbocycles. The van der Waals surface area contributed by atoms with E-state index in [1.54, 1.807) is 0 Å². The Morgan fingerprint density at radius 1 is 0.415 bits per heavy atom. The molecule has 0 radical (unpaired) electrons. The molecule has 1 aliphatic rings. The predicted molar refractivity (Wildman–Crippen MR) is 337 cm³/mol. The second-order valence-corrected chi connectivity index (χ2v) is 26.8. The number of hydrogen-bond acceptors (Lipinski definition) is 12. The van der Waals surface area contributed by atoms with E-state index in [2.05, 4.69) is 203 Å². The van der Waals surface area contributed by atoms with Crippen molar-refractivity contribution in [2.45, 2.75) is 223 Å². The molecule has 0 amide bonds. The van der Waals surface area contributed by atoms with Gasteiger partial charge in [-0.25, -0.2) is 0 Å². The molecule has 0 bridgehead atoms. The Balaban J connectivity index is 1.40. The van der Waals surface area contributed by atoms with Crippen LogP contribution in [0.1, 0.15) is 156 Å². The van der Waals surface area contributed by atoms with Crippen LogP contribution in [0.4, 0.5) is 0 Å². The standard InChI is InChI=1S/C68H116N8O6/c1-49(2)31-63-45-79-55(13)37-71(15)66(34-52(7)8)48-82-68(36-58-21-25-60(26-22-58)40-76-62(28-30-70-76)44-78-54(11)12)42-74(18)64(32-50(3)4)46-80-56(14)38-72(16)65(33-51(5)6)47-81-67(41-73(63)17)35-57-19-23-59(24-20-57)39-75-61(27-29-69-75)43-77-53(9)10/h19-30,49-56,63-68H,31-48H2,1-18H3/t55-,56-,63+,64?,65+,66+,67-,68-/m1/s1. The van der Waals surface area contributed by atoms with Crippen LogP contribution in [0, 0.1) is 23.7 Å². The first kappa shape index (κ1) is 69.2. The number of ether oxygens (including phenoxy) is 6. The summed E-state index contributed by atoms with van der Waals surface area (Å²) in [6.45, 7) is 39.8.